The average Bonchev–Trinajstić information content (AvgIpc) is 0. The molecule has 6 heteroatoms. The van der Waals surface area contributed by atoms with E-state index in [9.17, 15) is 0 Å². The van der Waals surface area contributed by atoms with Crippen LogP contribution in [0.25, 0.3) is 0 Å². The van der Waals surface area contributed by atoms with E-state index in [2.05, 4.69) is 0 Å². The molecule has 0 nitrogen and oxygen atoms in total. The van der Waals surface area contributed by atoms with E-state index < -0.39 is 0 Å². The summed E-state index contributed by atoms with van der Waals surface area (Å²) in [6.07, 6.45) is 0. The number of hydrogen-bond donors (Lipinski definition) is 0. The zero-order valence-corrected chi connectivity index (χ0v) is 13.8. The van der Waals surface area contributed by atoms with E-state index in [1.54, 1.807) is 0 Å². The van der Waals surface area contributed by atoms with Crippen molar-refractivity contribution in [3.63, 3.8) is 0 Å². The van der Waals surface area contributed by atoms with Crippen molar-refractivity contribution in [1.82, 2.24) is 0 Å². The summed E-state index contributed by atoms with van der Waals surface area (Å²) in [6, 6.07) is 0. The van der Waals surface area contributed by atoms with Crippen molar-refractivity contribution in [3.05, 3.63) is 0 Å². The quantitative estimate of drug-likeness (QED) is 0.427. The molecule has 0 saturated carbocycles. The monoisotopic (exact) mass is 450 g/mol. The van der Waals surface area contributed by atoms with E-state index in [-0.39, 0.29) is 116 Å². The fraction of sp³-hybridized carbons (Fsp3) is 0. The average molecular weight is 449 g/mol. The molecule has 0 rings (SSSR count). The van der Waals surface area contributed by atoms with Gasteiger partial charge in [0, 0.05) is 116 Å². The Balaban J connectivity index is 0. The predicted octanol–water partition coefficient (Wildman–Crippen LogP) is -0.772. The molecule has 24 valence electrons. The topological polar surface area (TPSA) is 0 Å². The SMILES string of the molecule is [B].[Hf].[Nb].[Si].[Ti].[Zr]. The van der Waals surface area contributed by atoms with E-state index in [4.69, 9.17) is 0 Å². The van der Waals surface area contributed by atoms with E-state index >= 15 is 0 Å². The minimum absolute atomic E-state index is 0. The van der Waals surface area contributed by atoms with Gasteiger partial charge in [-0.2, -0.15) is 0 Å². The Hall–Kier alpha value is 3.49. The first-order valence-corrected chi connectivity index (χ1v) is 0. The van der Waals surface area contributed by atoms with Crippen LogP contribution >= 0.6 is 0 Å². The summed E-state index contributed by atoms with van der Waals surface area (Å²) < 4.78 is 0. The van der Waals surface area contributed by atoms with Gasteiger partial charge < -0.3 is 0 Å². The van der Waals surface area contributed by atoms with Gasteiger partial charge in [-0.3, -0.25) is 0 Å². The standard InChI is InChI=1S/B.Hf.Nb.Si.Ti.Zr. The van der Waals surface area contributed by atoms with Crippen LogP contribution in [0, 0.1) is 0 Å². The first-order valence-electron chi connectivity index (χ1n) is 0. The van der Waals surface area contributed by atoms with Crippen LogP contribution < -0.4 is 0 Å². The van der Waals surface area contributed by atoms with E-state index in [0.717, 1.165) is 0 Å². The van der Waals surface area contributed by atoms with Gasteiger partial charge in [0.25, 0.3) is 0 Å². The second-order valence-corrected chi connectivity index (χ2v) is 0. The Kier molecular flexibility index (Phi) is 366. The van der Waals surface area contributed by atoms with Gasteiger partial charge in [0.2, 0.25) is 0 Å². The fourth-order valence-corrected chi connectivity index (χ4v) is 0. The molecule has 0 N–H and O–H groups in total. The van der Waals surface area contributed by atoms with Crippen LogP contribution in [0.4, 0.5) is 0 Å². The Morgan fingerprint density at radius 3 is 1.00 bits per heavy atom. The van der Waals surface area contributed by atoms with Gasteiger partial charge in [0.05, 0.1) is 0 Å². The van der Waals surface area contributed by atoms with Crippen molar-refractivity contribution in [2.45, 2.75) is 0 Å². The molecule has 0 aliphatic carbocycles. The third-order valence-electron chi connectivity index (χ3n) is 0. The first-order chi connectivity index (χ1) is 0. The molecular formula is BHfNbSiTiZr. The van der Waals surface area contributed by atoms with Crippen LogP contribution in [0.5, 0.6) is 0 Å². The van der Waals surface area contributed by atoms with Crippen molar-refractivity contribution < 1.29 is 96.1 Å². The van der Waals surface area contributed by atoms with Crippen molar-refractivity contribution >= 4 is 19.4 Å². The Bertz CT molecular complexity index is 15.5. The van der Waals surface area contributed by atoms with Crippen LogP contribution in [0.3, 0.4) is 0 Å². The fourth-order valence-electron chi connectivity index (χ4n) is 0. The maximum Gasteiger partial charge on any atom is 0 e. The van der Waals surface area contributed by atoms with Crippen LogP contribution in [0.1, 0.15) is 0 Å². The van der Waals surface area contributed by atoms with Gasteiger partial charge in [0.15, 0.2) is 0 Å². The van der Waals surface area contributed by atoms with Gasteiger partial charge in [-0.25, -0.2) is 0 Å². The van der Waals surface area contributed by atoms with Crippen LogP contribution in [0.15, 0.2) is 0 Å². The van der Waals surface area contributed by atoms with Gasteiger partial charge in [-0.15, -0.1) is 0 Å². The number of rotatable bonds is 0. The zero-order valence-electron chi connectivity index (χ0n) is 3.02. The van der Waals surface area contributed by atoms with Gasteiger partial charge in [0.1, 0.15) is 0 Å². The van der Waals surface area contributed by atoms with Crippen LogP contribution in [-0.4, -0.2) is 19.4 Å². The van der Waals surface area contributed by atoms with E-state index in [1.165, 1.54) is 0 Å². The summed E-state index contributed by atoms with van der Waals surface area (Å²) in [7, 11) is 0. The van der Waals surface area contributed by atoms with Crippen LogP contribution in [0.2, 0.25) is 0 Å². The molecule has 8 radical (unpaired) electrons. The largest absolute Gasteiger partial charge is 0 e. The number of hydrogen-bond acceptors (Lipinski definition) is 0. The van der Waals surface area contributed by atoms with Crippen molar-refractivity contribution in [3.8, 4) is 0 Å². The van der Waals surface area contributed by atoms with Gasteiger partial charge in [-0.1, -0.05) is 0 Å². The van der Waals surface area contributed by atoms with Gasteiger partial charge in [-0.05, 0) is 0 Å². The Morgan fingerprint density at radius 1 is 1.00 bits per heavy atom. The van der Waals surface area contributed by atoms with E-state index in [0.29, 0.717) is 0 Å². The Morgan fingerprint density at radius 2 is 1.00 bits per heavy atom. The Labute approximate surface area is 113 Å². The maximum absolute atomic E-state index is 0. The molecule has 0 fully saturated rings. The first kappa shape index (κ1) is 56.2. The zero-order chi connectivity index (χ0) is 0. The van der Waals surface area contributed by atoms with E-state index in [1.807, 2.05) is 0 Å². The molecule has 0 aliphatic heterocycles. The summed E-state index contributed by atoms with van der Waals surface area (Å²) in [5.41, 5.74) is 0. The summed E-state index contributed by atoms with van der Waals surface area (Å²) in [4.78, 5) is 0. The summed E-state index contributed by atoms with van der Waals surface area (Å²) in [6.45, 7) is 0. The third-order valence-corrected chi connectivity index (χ3v) is 0. The van der Waals surface area contributed by atoms with Crippen molar-refractivity contribution in [2.24, 2.45) is 0 Å². The molecule has 0 aromatic heterocycles. The molecule has 0 spiro atoms. The molecule has 0 heterocycles. The van der Waals surface area contributed by atoms with Crippen molar-refractivity contribution in [1.29, 1.82) is 0 Å². The third kappa shape index (κ3) is 25.9. The molecule has 0 amide bonds. The smallest absolute Gasteiger partial charge is 0 e. The van der Waals surface area contributed by atoms with Crippen molar-refractivity contribution in [2.75, 3.05) is 0 Å². The molecule has 0 aromatic rings. The molecule has 0 saturated heterocycles. The predicted molar refractivity (Wildman–Crippen MR) is 11.5 cm³/mol. The molecule has 6 heavy (non-hydrogen) atoms. The molecule has 0 unspecified atom stereocenters. The normalized spacial score (nSPS) is 0. The molecular weight excluding hydrogens is 449 g/mol. The second-order valence-electron chi connectivity index (χ2n) is 0. The summed E-state index contributed by atoms with van der Waals surface area (Å²) in [5, 5.41) is 0. The van der Waals surface area contributed by atoms with Gasteiger partial charge >= 0.3 is 0 Å². The maximum atomic E-state index is 0. The van der Waals surface area contributed by atoms with Crippen LogP contribution in [-0.2, 0) is 96.1 Å². The second kappa shape index (κ2) is 39.1. The summed E-state index contributed by atoms with van der Waals surface area (Å²) in [5.74, 6) is 0. The minimum atomic E-state index is 0. The summed E-state index contributed by atoms with van der Waals surface area (Å²) >= 11 is 0. The molecule has 0 bridgehead atoms. The molecule has 0 atom stereocenters. The minimum Gasteiger partial charge on any atom is 0 e. The molecule has 0 aliphatic rings. The molecule has 0 aromatic carbocycles.